The van der Waals surface area contributed by atoms with E-state index in [4.69, 9.17) is 0 Å². The molecule has 1 aliphatic heterocycles. The molecular weight excluding hydrogens is 332 g/mol. The zero-order chi connectivity index (χ0) is 15.6. The SMILES string of the molecule is CCCC1C(=O)NC(C)(C)C(=O)N1Cc1ccc(Br)cc1. The van der Waals surface area contributed by atoms with Gasteiger partial charge in [-0.25, -0.2) is 0 Å². The maximum Gasteiger partial charge on any atom is 0.248 e. The largest absolute Gasteiger partial charge is 0.340 e. The van der Waals surface area contributed by atoms with Gasteiger partial charge in [-0.1, -0.05) is 41.4 Å². The number of piperazine rings is 1. The molecule has 2 amide bonds. The van der Waals surface area contributed by atoms with Gasteiger partial charge >= 0.3 is 0 Å². The molecule has 0 aliphatic carbocycles. The van der Waals surface area contributed by atoms with Crippen LogP contribution in [0, 0.1) is 0 Å². The number of hydrogen-bond donors (Lipinski definition) is 1. The molecule has 1 N–H and O–H groups in total. The number of amides is 2. The molecule has 1 fully saturated rings. The van der Waals surface area contributed by atoms with E-state index in [2.05, 4.69) is 21.2 Å². The summed E-state index contributed by atoms with van der Waals surface area (Å²) in [6.07, 6.45) is 1.55. The summed E-state index contributed by atoms with van der Waals surface area (Å²) >= 11 is 3.40. The van der Waals surface area contributed by atoms with Crippen molar-refractivity contribution in [2.75, 3.05) is 0 Å². The first kappa shape index (κ1) is 16.0. The van der Waals surface area contributed by atoms with Gasteiger partial charge in [0.2, 0.25) is 11.8 Å². The van der Waals surface area contributed by atoms with Gasteiger partial charge in [0.15, 0.2) is 0 Å². The molecule has 0 radical (unpaired) electrons. The van der Waals surface area contributed by atoms with Crippen LogP contribution in [0.15, 0.2) is 28.7 Å². The summed E-state index contributed by atoms with van der Waals surface area (Å²) in [6.45, 7) is 6.00. The lowest BCUT2D eigenvalue weighted by Gasteiger charge is -2.43. The third-order valence-electron chi connectivity index (χ3n) is 3.74. The van der Waals surface area contributed by atoms with Gasteiger partial charge in [-0.3, -0.25) is 9.59 Å². The van der Waals surface area contributed by atoms with E-state index >= 15 is 0 Å². The molecule has 1 aliphatic rings. The van der Waals surface area contributed by atoms with Crippen molar-refractivity contribution in [3.63, 3.8) is 0 Å². The number of nitrogens with one attached hydrogen (secondary N) is 1. The van der Waals surface area contributed by atoms with Gasteiger partial charge in [0.25, 0.3) is 0 Å². The Morgan fingerprint density at radius 3 is 2.43 bits per heavy atom. The fourth-order valence-corrected chi connectivity index (χ4v) is 2.88. The topological polar surface area (TPSA) is 49.4 Å². The third kappa shape index (κ3) is 3.46. The van der Waals surface area contributed by atoms with Crippen LogP contribution in [0.2, 0.25) is 0 Å². The second kappa shape index (κ2) is 6.18. The number of nitrogens with zero attached hydrogens (tertiary/aromatic N) is 1. The standard InChI is InChI=1S/C16H21BrN2O2/c1-4-5-13-14(20)18-16(2,3)15(21)19(13)10-11-6-8-12(17)9-7-11/h6-9,13H,4-5,10H2,1-3H3,(H,18,20). The first-order valence-corrected chi connectivity index (χ1v) is 8.02. The fourth-order valence-electron chi connectivity index (χ4n) is 2.62. The summed E-state index contributed by atoms with van der Waals surface area (Å²) in [4.78, 5) is 26.7. The quantitative estimate of drug-likeness (QED) is 0.905. The Morgan fingerprint density at radius 2 is 1.86 bits per heavy atom. The number of carbonyl (C=O) groups excluding carboxylic acids is 2. The average molecular weight is 353 g/mol. The van der Waals surface area contributed by atoms with Gasteiger partial charge in [-0.15, -0.1) is 0 Å². The van der Waals surface area contributed by atoms with Crippen molar-refractivity contribution >= 4 is 27.7 Å². The van der Waals surface area contributed by atoms with Crippen molar-refractivity contribution in [3.8, 4) is 0 Å². The van der Waals surface area contributed by atoms with Gasteiger partial charge in [-0.2, -0.15) is 0 Å². The number of rotatable bonds is 4. The Labute approximate surface area is 134 Å². The van der Waals surface area contributed by atoms with Gasteiger partial charge in [0.1, 0.15) is 11.6 Å². The summed E-state index contributed by atoms with van der Waals surface area (Å²) in [5, 5.41) is 2.83. The van der Waals surface area contributed by atoms with Crippen LogP contribution in [0.25, 0.3) is 0 Å². The van der Waals surface area contributed by atoms with Crippen molar-refractivity contribution in [3.05, 3.63) is 34.3 Å². The summed E-state index contributed by atoms with van der Waals surface area (Å²) < 4.78 is 0.999. The fraction of sp³-hybridized carbons (Fsp3) is 0.500. The number of carbonyl (C=O) groups is 2. The molecule has 1 heterocycles. The maximum atomic E-state index is 12.7. The molecule has 0 bridgehead atoms. The van der Waals surface area contributed by atoms with Crippen LogP contribution in [0.5, 0.6) is 0 Å². The molecule has 2 rings (SSSR count). The highest BCUT2D eigenvalue weighted by atomic mass is 79.9. The van der Waals surface area contributed by atoms with Crippen LogP contribution >= 0.6 is 15.9 Å². The van der Waals surface area contributed by atoms with E-state index in [1.165, 1.54) is 0 Å². The van der Waals surface area contributed by atoms with Crippen molar-refractivity contribution in [1.82, 2.24) is 10.2 Å². The van der Waals surface area contributed by atoms with Gasteiger partial charge in [-0.05, 0) is 38.0 Å². The predicted octanol–water partition coefficient (Wildman–Crippen LogP) is 2.85. The highest BCUT2D eigenvalue weighted by molar-refractivity contribution is 9.10. The molecule has 1 unspecified atom stereocenters. The number of hydrogen-bond acceptors (Lipinski definition) is 2. The molecule has 5 heteroatoms. The Kier molecular flexibility index (Phi) is 4.71. The molecule has 114 valence electrons. The monoisotopic (exact) mass is 352 g/mol. The zero-order valence-corrected chi connectivity index (χ0v) is 14.2. The molecule has 1 atom stereocenters. The van der Waals surface area contributed by atoms with Gasteiger partial charge in [0.05, 0.1) is 0 Å². The lowest BCUT2D eigenvalue weighted by atomic mass is 9.94. The molecule has 0 spiro atoms. The Bertz CT molecular complexity index is 540. The molecule has 0 saturated carbocycles. The zero-order valence-electron chi connectivity index (χ0n) is 12.6. The van der Waals surface area contributed by atoms with Crippen LogP contribution in [0.1, 0.15) is 39.2 Å². The van der Waals surface area contributed by atoms with Crippen molar-refractivity contribution in [1.29, 1.82) is 0 Å². The van der Waals surface area contributed by atoms with Crippen LogP contribution in [-0.2, 0) is 16.1 Å². The smallest absolute Gasteiger partial charge is 0.248 e. The third-order valence-corrected chi connectivity index (χ3v) is 4.27. The van der Waals surface area contributed by atoms with E-state index < -0.39 is 5.54 Å². The first-order valence-electron chi connectivity index (χ1n) is 7.22. The molecule has 4 nitrogen and oxygen atoms in total. The van der Waals surface area contributed by atoms with E-state index in [0.717, 1.165) is 16.5 Å². The van der Waals surface area contributed by atoms with Crippen molar-refractivity contribution in [2.24, 2.45) is 0 Å². The molecule has 1 aromatic rings. The molecule has 1 saturated heterocycles. The molecule has 0 aromatic heterocycles. The van der Waals surface area contributed by atoms with Crippen LogP contribution in [0.4, 0.5) is 0 Å². The summed E-state index contributed by atoms with van der Waals surface area (Å²) in [6, 6.07) is 7.46. The van der Waals surface area contributed by atoms with Crippen LogP contribution in [-0.4, -0.2) is 28.3 Å². The second-order valence-corrected chi connectivity index (χ2v) is 6.89. The Morgan fingerprint density at radius 1 is 1.24 bits per heavy atom. The summed E-state index contributed by atoms with van der Waals surface area (Å²) in [5.41, 5.74) is 0.189. The Balaban J connectivity index is 2.27. The lowest BCUT2D eigenvalue weighted by molar-refractivity contribution is -0.154. The summed E-state index contributed by atoms with van der Waals surface area (Å²) in [7, 11) is 0. The molecule has 21 heavy (non-hydrogen) atoms. The summed E-state index contributed by atoms with van der Waals surface area (Å²) in [5.74, 6) is -0.0815. The van der Waals surface area contributed by atoms with Crippen molar-refractivity contribution < 1.29 is 9.59 Å². The lowest BCUT2D eigenvalue weighted by Crippen LogP contribution is -2.67. The Hall–Kier alpha value is -1.36. The second-order valence-electron chi connectivity index (χ2n) is 5.98. The molecular formula is C16H21BrN2O2. The average Bonchev–Trinajstić information content (AvgIpc) is 2.42. The van der Waals surface area contributed by atoms with E-state index in [-0.39, 0.29) is 17.9 Å². The van der Waals surface area contributed by atoms with Crippen LogP contribution < -0.4 is 5.32 Å². The maximum absolute atomic E-state index is 12.7. The highest BCUT2D eigenvalue weighted by Crippen LogP contribution is 2.23. The highest BCUT2D eigenvalue weighted by Gasteiger charge is 2.44. The minimum Gasteiger partial charge on any atom is -0.340 e. The van der Waals surface area contributed by atoms with Crippen molar-refractivity contribution in [2.45, 2.75) is 51.7 Å². The van der Waals surface area contributed by atoms with Gasteiger partial charge in [0, 0.05) is 11.0 Å². The van der Waals surface area contributed by atoms with E-state index in [1.54, 1.807) is 18.7 Å². The normalized spacial score (nSPS) is 21.3. The van der Waals surface area contributed by atoms with Gasteiger partial charge < -0.3 is 10.2 Å². The number of halogens is 1. The minimum atomic E-state index is -0.837. The van der Waals surface area contributed by atoms with E-state index in [1.807, 2.05) is 31.2 Å². The number of benzene rings is 1. The van der Waals surface area contributed by atoms with Crippen LogP contribution in [0.3, 0.4) is 0 Å². The molecule has 1 aromatic carbocycles. The first-order chi connectivity index (χ1) is 9.85. The van der Waals surface area contributed by atoms with E-state index in [0.29, 0.717) is 13.0 Å². The van der Waals surface area contributed by atoms with E-state index in [9.17, 15) is 9.59 Å². The minimum absolute atomic E-state index is 0.0246. The predicted molar refractivity (Wildman–Crippen MR) is 85.6 cm³/mol.